The van der Waals surface area contributed by atoms with Crippen LogP contribution in [0.3, 0.4) is 0 Å². The molecule has 4 fully saturated rings. The van der Waals surface area contributed by atoms with Crippen LogP contribution in [0.4, 0.5) is 0 Å². The standard InChI is InChI=1S/C11H19OP/c1-10-4-8-6-11(2,13(10)3)7-9(5-10)12-8/h8-9H,4-7H2,1-3H3. The topological polar surface area (TPSA) is 9.23 Å². The molecule has 1 nitrogen and oxygen atoms in total. The second-order valence-corrected chi connectivity index (χ2v) is 9.03. The van der Waals surface area contributed by atoms with E-state index in [1.165, 1.54) is 25.7 Å². The molecule has 74 valence electrons. The third-order valence-electron chi connectivity index (χ3n) is 4.67. The molecule has 13 heavy (non-hydrogen) atoms. The summed E-state index contributed by atoms with van der Waals surface area (Å²) in [5, 5.41) is 1.32. The van der Waals surface area contributed by atoms with Gasteiger partial charge in [0.2, 0.25) is 0 Å². The summed E-state index contributed by atoms with van der Waals surface area (Å²) in [6, 6.07) is 0. The highest BCUT2D eigenvalue weighted by molar-refractivity contribution is 7.60. The van der Waals surface area contributed by atoms with Crippen molar-refractivity contribution < 1.29 is 4.74 Å². The minimum absolute atomic E-state index is 0.230. The highest BCUT2D eigenvalue weighted by Gasteiger charge is 2.58. The van der Waals surface area contributed by atoms with Crippen LogP contribution in [0.5, 0.6) is 0 Å². The van der Waals surface area contributed by atoms with E-state index in [-0.39, 0.29) is 7.92 Å². The van der Waals surface area contributed by atoms with Gasteiger partial charge in [0.1, 0.15) is 0 Å². The van der Waals surface area contributed by atoms with Crippen LogP contribution in [-0.4, -0.2) is 29.2 Å². The van der Waals surface area contributed by atoms with Crippen molar-refractivity contribution in [3.8, 4) is 0 Å². The Balaban J connectivity index is 2.03. The van der Waals surface area contributed by atoms with Crippen LogP contribution in [0, 0.1) is 0 Å². The van der Waals surface area contributed by atoms with Crippen LogP contribution in [0.15, 0.2) is 0 Å². The van der Waals surface area contributed by atoms with Crippen LogP contribution >= 0.6 is 7.92 Å². The van der Waals surface area contributed by atoms with E-state index in [1.807, 2.05) is 0 Å². The van der Waals surface area contributed by atoms with Gasteiger partial charge in [0.05, 0.1) is 12.2 Å². The van der Waals surface area contributed by atoms with Crippen LogP contribution in [0.2, 0.25) is 0 Å². The summed E-state index contributed by atoms with van der Waals surface area (Å²) in [6.07, 6.45) is 6.62. The highest BCUT2D eigenvalue weighted by atomic mass is 31.1. The molecule has 4 bridgehead atoms. The maximum absolute atomic E-state index is 6.01. The van der Waals surface area contributed by atoms with Crippen molar-refractivity contribution in [3.05, 3.63) is 0 Å². The average Bonchev–Trinajstić information content (AvgIpc) is 1.97. The zero-order valence-electron chi connectivity index (χ0n) is 8.84. The zero-order chi connectivity index (χ0) is 9.27. The molecule has 0 spiro atoms. The Morgan fingerprint density at radius 3 is 1.77 bits per heavy atom. The van der Waals surface area contributed by atoms with Crippen molar-refractivity contribution in [1.29, 1.82) is 0 Å². The van der Waals surface area contributed by atoms with Crippen LogP contribution in [0.25, 0.3) is 0 Å². The molecule has 0 atom stereocenters. The third-order valence-corrected chi connectivity index (χ3v) is 8.64. The molecule has 0 amide bonds. The molecule has 2 heteroatoms. The molecular formula is C11H19OP. The number of hydrogen-bond donors (Lipinski definition) is 0. The van der Waals surface area contributed by atoms with E-state index in [0.717, 1.165) is 0 Å². The normalized spacial score (nSPS) is 64.4. The Morgan fingerprint density at radius 1 is 1.00 bits per heavy atom. The van der Waals surface area contributed by atoms with Crippen molar-refractivity contribution in [2.75, 3.05) is 6.66 Å². The minimum Gasteiger partial charge on any atom is -0.375 e. The molecule has 0 N–H and O–H groups in total. The van der Waals surface area contributed by atoms with Gasteiger partial charge >= 0.3 is 0 Å². The predicted octanol–water partition coefficient (Wildman–Crippen LogP) is 2.97. The van der Waals surface area contributed by atoms with Gasteiger partial charge in [-0.2, -0.15) is 0 Å². The summed E-state index contributed by atoms with van der Waals surface area (Å²) >= 11 is 0. The molecular weight excluding hydrogens is 179 g/mol. The highest BCUT2D eigenvalue weighted by Crippen LogP contribution is 2.72. The first kappa shape index (κ1) is 8.68. The van der Waals surface area contributed by atoms with Gasteiger partial charge in [0.25, 0.3) is 0 Å². The molecule has 0 unspecified atom stereocenters. The van der Waals surface area contributed by atoms with Crippen LogP contribution < -0.4 is 0 Å². The van der Waals surface area contributed by atoms with E-state index in [1.54, 1.807) is 0 Å². The zero-order valence-corrected chi connectivity index (χ0v) is 9.73. The van der Waals surface area contributed by atoms with Crippen molar-refractivity contribution in [2.45, 2.75) is 62.1 Å². The fraction of sp³-hybridized carbons (Fsp3) is 1.00. The molecule has 4 rings (SSSR count). The Morgan fingerprint density at radius 2 is 1.38 bits per heavy atom. The summed E-state index contributed by atoms with van der Waals surface area (Å²) in [7, 11) is 0.230. The summed E-state index contributed by atoms with van der Waals surface area (Å²) in [6.45, 7) is 7.56. The third kappa shape index (κ3) is 1.01. The van der Waals surface area contributed by atoms with Crippen molar-refractivity contribution in [2.24, 2.45) is 0 Å². The maximum Gasteiger partial charge on any atom is 0.0596 e. The van der Waals surface area contributed by atoms with Gasteiger partial charge in [-0.3, -0.25) is 0 Å². The fourth-order valence-electron chi connectivity index (χ4n) is 3.94. The van der Waals surface area contributed by atoms with E-state index in [9.17, 15) is 0 Å². The number of rotatable bonds is 0. The second-order valence-electron chi connectivity index (χ2n) is 5.75. The summed E-state index contributed by atoms with van der Waals surface area (Å²) in [5.74, 6) is 0. The molecule has 4 saturated heterocycles. The van der Waals surface area contributed by atoms with E-state index in [0.29, 0.717) is 22.5 Å². The molecule has 0 aliphatic carbocycles. The lowest BCUT2D eigenvalue weighted by Crippen LogP contribution is -2.59. The molecule has 0 aromatic rings. The van der Waals surface area contributed by atoms with Gasteiger partial charge in [0, 0.05) is 0 Å². The summed E-state index contributed by atoms with van der Waals surface area (Å²) in [5.41, 5.74) is 0. The van der Waals surface area contributed by atoms with Crippen molar-refractivity contribution >= 4 is 7.92 Å². The van der Waals surface area contributed by atoms with E-state index in [4.69, 9.17) is 4.74 Å². The van der Waals surface area contributed by atoms with Gasteiger partial charge in [0.15, 0.2) is 0 Å². The lowest BCUT2D eigenvalue weighted by atomic mass is 9.78. The Bertz CT molecular complexity index is 214. The summed E-state index contributed by atoms with van der Waals surface area (Å²) < 4.78 is 6.01. The first-order valence-electron chi connectivity index (χ1n) is 5.41. The molecule has 4 heterocycles. The van der Waals surface area contributed by atoms with E-state index in [2.05, 4.69) is 20.5 Å². The van der Waals surface area contributed by atoms with Crippen molar-refractivity contribution in [1.82, 2.24) is 0 Å². The maximum atomic E-state index is 6.01. The monoisotopic (exact) mass is 198 g/mol. The Hall–Kier alpha value is 0.390. The fourth-order valence-corrected chi connectivity index (χ4v) is 7.15. The van der Waals surface area contributed by atoms with Gasteiger partial charge in [-0.05, 0) is 42.7 Å². The quantitative estimate of drug-likeness (QED) is 0.544. The van der Waals surface area contributed by atoms with E-state index < -0.39 is 0 Å². The lowest BCUT2D eigenvalue weighted by molar-refractivity contribution is -0.114. The minimum atomic E-state index is 0.230. The van der Waals surface area contributed by atoms with E-state index >= 15 is 0 Å². The Kier molecular flexibility index (Phi) is 1.54. The smallest absolute Gasteiger partial charge is 0.0596 e. The average molecular weight is 198 g/mol. The van der Waals surface area contributed by atoms with Gasteiger partial charge in [-0.25, -0.2) is 0 Å². The van der Waals surface area contributed by atoms with Crippen LogP contribution in [0.1, 0.15) is 39.5 Å². The summed E-state index contributed by atoms with van der Waals surface area (Å²) in [4.78, 5) is 0. The van der Waals surface area contributed by atoms with Crippen molar-refractivity contribution in [3.63, 3.8) is 0 Å². The molecule has 0 saturated carbocycles. The first-order valence-corrected chi connectivity index (χ1v) is 7.20. The molecule has 4 aliphatic heterocycles. The van der Waals surface area contributed by atoms with Gasteiger partial charge in [-0.15, -0.1) is 0 Å². The van der Waals surface area contributed by atoms with Gasteiger partial charge in [-0.1, -0.05) is 21.8 Å². The Labute approximate surface area is 82.0 Å². The van der Waals surface area contributed by atoms with Gasteiger partial charge < -0.3 is 4.74 Å². The number of ether oxygens (including phenoxy) is 1. The molecule has 4 aliphatic rings. The van der Waals surface area contributed by atoms with Crippen LogP contribution in [-0.2, 0) is 4.74 Å². The molecule has 0 aromatic carbocycles. The lowest BCUT2D eigenvalue weighted by Gasteiger charge is -2.64. The largest absolute Gasteiger partial charge is 0.375 e. The molecule has 0 radical (unpaired) electrons. The number of hydrogen-bond acceptors (Lipinski definition) is 1. The SMILES string of the molecule is CP1C2(C)CC3CC1(C)CC(C2)O3. The molecule has 0 aromatic heterocycles. The predicted molar refractivity (Wildman–Crippen MR) is 56.8 cm³/mol. The first-order chi connectivity index (χ1) is 6.02. The second kappa shape index (κ2) is 2.31.